The van der Waals surface area contributed by atoms with Crippen LogP contribution in [0.3, 0.4) is 0 Å². The van der Waals surface area contributed by atoms with Crippen molar-refractivity contribution in [1.29, 1.82) is 0 Å². The lowest BCUT2D eigenvalue weighted by Crippen LogP contribution is -2.18. The van der Waals surface area contributed by atoms with Crippen LogP contribution in [-0.4, -0.2) is 16.2 Å². The summed E-state index contributed by atoms with van der Waals surface area (Å²) in [5.74, 6) is 0.550. The quantitative estimate of drug-likeness (QED) is 0.600. The van der Waals surface area contributed by atoms with E-state index in [2.05, 4.69) is 72.6 Å². The topological polar surface area (TPSA) is 12.0 Å². The van der Waals surface area contributed by atoms with Crippen LogP contribution in [0.2, 0.25) is 6.04 Å². The normalized spacial score (nSPS) is 11.5. The fraction of sp³-hybridized carbons (Fsp3) is 0.294. The van der Waals surface area contributed by atoms with Crippen LogP contribution < -0.4 is 4.98 Å². The molecule has 0 amide bonds. The van der Waals surface area contributed by atoms with E-state index in [-0.39, 0.29) is 9.68 Å². The summed E-state index contributed by atoms with van der Waals surface area (Å²) >= 11 is 0. The van der Waals surface area contributed by atoms with Gasteiger partial charge in [-0.25, -0.2) is 0 Å². The lowest BCUT2D eigenvalue weighted by atomic mass is 9.89. The molecule has 2 aromatic rings. The van der Waals surface area contributed by atoms with Crippen molar-refractivity contribution in [2.24, 2.45) is 0 Å². The third-order valence-electron chi connectivity index (χ3n) is 3.50. The molecule has 0 saturated carbocycles. The molecule has 0 unspecified atom stereocenters. The van der Waals surface area contributed by atoms with Crippen molar-refractivity contribution in [3.63, 3.8) is 0 Å². The van der Waals surface area contributed by atoms with Gasteiger partial charge in [0, 0.05) is 5.92 Å². The van der Waals surface area contributed by atoms with E-state index in [1.807, 2.05) is 0 Å². The maximum atomic E-state index is 3.55. The van der Waals surface area contributed by atoms with Gasteiger partial charge in [-0.3, -0.25) is 0 Å². The Balaban J connectivity index is 2.10. The molecule has 0 bridgehead atoms. The summed E-state index contributed by atoms with van der Waals surface area (Å²) < 4.78 is 0. The predicted octanol–water partition coefficient (Wildman–Crippen LogP) is 3.32. The second-order valence-corrected chi connectivity index (χ2v) is 6.58. The molecule has 2 aromatic carbocycles. The largest absolute Gasteiger partial charge is 0.342 e. The molecule has 0 atom stereocenters. The first-order chi connectivity index (χ1) is 9.42. The minimum absolute atomic E-state index is 0.0913. The average molecular weight is 269 g/mol. The fourth-order valence-electron chi connectivity index (χ4n) is 2.50. The third kappa shape index (κ3) is 4.34. The summed E-state index contributed by atoms with van der Waals surface area (Å²) in [6.45, 7) is 3.31. The van der Waals surface area contributed by atoms with Gasteiger partial charge in [-0.15, -0.1) is 0 Å². The third-order valence-corrected chi connectivity index (χ3v) is 5.12. The van der Waals surface area contributed by atoms with Crippen LogP contribution >= 0.6 is 0 Å². The molecule has 0 aliphatic heterocycles. The van der Waals surface area contributed by atoms with E-state index in [9.17, 15) is 0 Å². The number of hydrogen-bond donors (Lipinski definition) is 1. The summed E-state index contributed by atoms with van der Waals surface area (Å²) in [6.07, 6.45) is 1.26. The van der Waals surface area contributed by atoms with E-state index in [0.29, 0.717) is 5.92 Å². The molecule has 1 nitrogen and oxygen atoms in total. The molecule has 0 aliphatic carbocycles. The van der Waals surface area contributed by atoms with Gasteiger partial charge in [0.2, 0.25) is 0 Å². The Labute approximate surface area is 119 Å². The molecule has 100 valence electrons. The van der Waals surface area contributed by atoms with E-state index < -0.39 is 0 Å². The van der Waals surface area contributed by atoms with Crippen LogP contribution in [0.5, 0.6) is 0 Å². The molecule has 0 aliphatic rings. The Morgan fingerprint density at radius 1 is 0.895 bits per heavy atom. The lowest BCUT2D eigenvalue weighted by Gasteiger charge is -2.18. The molecule has 0 spiro atoms. The van der Waals surface area contributed by atoms with Crippen LogP contribution in [0.15, 0.2) is 60.7 Å². The molecule has 0 aromatic heterocycles. The standard InChI is InChI=1S/C17H23NSi/c1-2-18-19-14-13-17(15-9-5-3-6-10-15)16-11-7-4-8-12-16/h3-12,17-18H,2,13-14,19H2,1H3. The average Bonchev–Trinajstić information content (AvgIpc) is 2.49. The molecular formula is C17H23NSi. The zero-order chi connectivity index (χ0) is 13.3. The zero-order valence-corrected chi connectivity index (χ0v) is 13.1. The Bertz CT molecular complexity index is 416. The Hall–Kier alpha value is -1.38. The monoisotopic (exact) mass is 269 g/mol. The SMILES string of the molecule is CCN[SiH2]CCC(c1ccccc1)c1ccccc1. The van der Waals surface area contributed by atoms with Crippen LogP contribution in [-0.2, 0) is 0 Å². The van der Waals surface area contributed by atoms with Crippen molar-refractivity contribution in [3.8, 4) is 0 Å². The summed E-state index contributed by atoms with van der Waals surface area (Å²) in [5, 5.41) is 0. The van der Waals surface area contributed by atoms with Crippen LogP contribution in [0.25, 0.3) is 0 Å². The zero-order valence-electron chi connectivity index (χ0n) is 11.7. The first-order valence-corrected chi connectivity index (χ1v) is 8.93. The first-order valence-electron chi connectivity index (χ1n) is 7.22. The number of hydrogen-bond acceptors (Lipinski definition) is 1. The van der Waals surface area contributed by atoms with Crippen molar-refractivity contribution >= 4 is 9.68 Å². The molecule has 0 radical (unpaired) electrons. The van der Waals surface area contributed by atoms with Gasteiger partial charge in [-0.2, -0.15) is 0 Å². The number of rotatable bonds is 7. The fourth-order valence-corrected chi connectivity index (χ4v) is 3.72. The second-order valence-electron chi connectivity index (χ2n) is 4.87. The Morgan fingerprint density at radius 3 is 1.89 bits per heavy atom. The summed E-state index contributed by atoms with van der Waals surface area (Å²) in [4.78, 5) is 3.55. The van der Waals surface area contributed by atoms with Crippen molar-refractivity contribution in [1.82, 2.24) is 4.98 Å². The van der Waals surface area contributed by atoms with Crippen LogP contribution in [0, 0.1) is 0 Å². The molecular weight excluding hydrogens is 246 g/mol. The van der Waals surface area contributed by atoms with Gasteiger partial charge in [0.25, 0.3) is 0 Å². The molecule has 1 N–H and O–H groups in total. The molecule has 19 heavy (non-hydrogen) atoms. The highest BCUT2D eigenvalue weighted by Crippen LogP contribution is 2.28. The highest BCUT2D eigenvalue weighted by Gasteiger charge is 2.12. The molecule has 0 heterocycles. The Morgan fingerprint density at radius 2 is 1.42 bits per heavy atom. The first kappa shape index (κ1) is 14.0. The van der Waals surface area contributed by atoms with E-state index in [1.54, 1.807) is 0 Å². The molecule has 2 rings (SSSR count). The van der Waals surface area contributed by atoms with Gasteiger partial charge < -0.3 is 4.98 Å². The number of benzene rings is 2. The van der Waals surface area contributed by atoms with Gasteiger partial charge in [0.05, 0.1) is 9.68 Å². The smallest absolute Gasteiger partial charge is 0.0916 e. The highest BCUT2D eigenvalue weighted by atomic mass is 28.2. The lowest BCUT2D eigenvalue weighted by molar-refractivity contribution is 0.768. The van der Waals surface area contributed by atoms with Gasteiger partial charge in [-0.05, 0) is 30.1 Å². The molecule has 2 heteroatoms. The van der Waals surface area contributed by atoms with E-state index in [1.165, 1.54) is 23.6 Å². The van der Waals surface area contributed by atoms with Crippen molar-refractivity contribution in [2.45, 2.75) is 25.3 Å². The van der Waals surface area contributed by atoms with E-state index in [0.717, 1.165) is 6.54 Å². The highest BCUT2D eigenvalue weighted by molar-refractivity contribution is 6.32. The number of nitrogens with one attached hydrogen (secondary N) is 1. The molecule has 0 fully saturated rings. The second kappa shape index (κ2) is 7.92. The van der Waals surface area contributed by atoms with Gasteiger partial charge in [0.15, 0.2) is 0 Å². The van der Waals surface area contributed by atoms with Gasteiger partial charge in [0.1, 0.15) is 0 Å². The Kier molecular flexibility index (Phi) is 5.85. The van der Waals surface area contributed by atoms with Crippen molar-refractivity contribution in [2.75, 3.05) is 6.54 Å². The van der Waals surface area contributed by atoms with Gasteiger partial charge in [-0.1, -0.05) is 67.6 Å². The maximum Gasteiger partial charge on any atom is 0.0916 e. The predicted molar refractivity (Wildman–Crippen MR) is 86.4 cm³/mol. The summed E-state index contributed by atoms with van der Waals surface area (Å²) in [6, 6.07) is 23.2. The minimum atomic E-state index is -0.0913. The van der Waals surface area contributed by atoms with Crippen LogP contribution in [0.4, 0.5) is 0 Å². The minimum Gasteiger partial charge on any atom is -0.342 e. The maximum absolute atomic E-state index is 3.55. The van der Waals surface area contributed by atoms with E-state index >= 15 is 0 Å². The van der Waals surface area contributed by atoms with Crippen molar-refractivity contribution < 1.29 is 0 Å². The summed E-state index contributed by atoms with van der Waals surface area (Å²) in [7, 11) is -0.0913. The van der Waals surface area contributed by atoms with Crippen molar-refractivity contribution in [3.05, 3.63) is 71.8 Å². The molecule has 0 saturated heterocycles. The van der Waals surface area contributed by atoms with E-state index in [4.69, 9.17) is 0 Å². The van der Waals surface area contributed by atoms with Crippen LogP contribution in [0.1, 0.15) is 30.4 Å². The summed E-state index contributed by atoms with van der Waals surface area (Å²) in [5.41, 5.74) is 2.89. The van der Waals surface area contributed by atoms with Gasteiger partial charge >= 0.3 is 0 Å².